The SMILES string of the molecule is CC(=O)N[C@@]12CC3C[C@H](C1)[C@H](NC(=O)C(C)(C)Oc1ccc(Cl)cc1C)[C@@H](C3)C2. The zero-order valence-electron chi connectivity index (χ0n) is 17.7. The van der Waals surface area contributed by atoms with E-state index in [4.69, 9.17) is 16.3 Å². The smallest absolute Gasteiger partial charge is 0.263 e. The first-order valence-corrected chi connectivity index (χ1v) is 11.0. The molecular formula is C23H31ClN2O3. The number of amides is 2. The topological polar surface area (TPSA) is 67.4 Å². The molecule has 1 unspecified atom stereocenters. The van der Waals surface area contributed by atoms with Crippen molar-refractivity contribution in [3.8, 4) is 5.75 Å². The van der Waals surface area contributed by atoms with Crippen molar-refractivity contribution in [3.05, 3.63) is 28.8 Å². The maximum absolute atomic E-state index is 13.2. The van der Waals surface area contributed by atoms with Crippen molar-refractivity contribution in [1.29, 1.82) is 0 Å². The molecule has 4 aliphatic rings. The summed E-state index contributed by atoms with van der Waals surface area (Å²) < 4.78 is 6.09. The first-order valence-electron chi connectivity index (χ1n) is 10.6. The molecule has 2 amide bonds. The number of hydrogen-bond acceptors (Lipinski definition) is 3. The Labute approximate surface area is 177 Å². The van der Waals surface area contributed by atoms with Crippen molar-refractivity contribution in [3.63, 3.8) is 0 Å². The molecule has 1 aromatic rings. The van der Waals surface area contributed by atoms with Crippen LogP contribution < -0.4 is 15.4 Å². The Hall–Kier alpha value is -1.75. The molecule has 4 bridgehead atoms. The van der Waals surface area contributed by atoms with Crippen molar-refractivity contribution in [2.75, 3.05) is 0 Å². The molecule has 0 saturated heterocycles. The number of carbonyl (C=O) groups excluding carboxylic acids is 2. The van der Waals surface area contributed by atoms with Gasteiger partial charge in [-0.2, -0.15) is 0 Å². The molecule has 4 aliphatic carbocycles. The van der Waals surface area contributed by atoms with Gasteiger partial charge in [0.15, 0.2) is 5.60 Å². The summed E-state index contributed by atoms with van der Waals surface area (Å²) in [6, 6.07) is 5.59. The van der Waals surface area contributed by atoms with Crippen molar-refractivity contribution in [2.45, 2.75) is 77.0 Å². The van der Waals surface area contributed by atoms with E-state index in [-0.39, 0.29) is 23.4 Å². The fourth-order valence-corrected chi connectivity index (χ4v) is 6.39. The van der Waals surface area contributed by atoms with Gasteiger partial charge < -0.3 is 15.4 Å². The lowest BCUT2D eigenvalue weighted by molar-refractivity contribution is -0.140. The lowest BCUT2D eigenvalue weighted by Gasteiger charge is -2.60. The third-order valence-corrected chi connectivity index (χ3v) is 7.30. The minimum absolute atomic E-state index is 0.0559. The Morgan fingerprint density at radius 3 is 2.41 bits per heavy atom. The van der Waals surface area contributed by atoms with Gasteiger partial charge in [0, 0.05) is 23.5 Å². The largest absolute Gasteiger partial charge is 0.478 e. The Kier molecular flexibility index (Phi) is 5.09. The number of rotatable bonds is 5. The van der Waals surface area contributed by atoms with Crippen molar-refractivity contribution in [2.24, 2.45) is 17.8 Å². The standard InChI is InChI=1S/C23H31ClN2O3/c1-13-7-18(24)5-6-19(13)29-22(3,4)21(28)25-20-16-8-15-9-17(20)12-23(10-15,11-16)26-14(2)27/h5-7,15-17,20H,8-12H2,1-4H3,(H,25,28)(H,26,27)/t15?,16-,17+,20+,23+. The van der Waals surface area contributed by atoms with Crippen LogP contribution in [-0.2, 0) is 9.59 Å². The molecular weight excluding hydrogens is 388 g/mol. The molecule has 5 rings (SSSR count). The summed E-state index contributed by atoms with van der Waals surface area (Å²) in [5.41, 5.74) is -0.135. The molecule has 4 fully saturated rings. The molecule has 0 heterocycles. The Morgan fingerprint density at radius 2 is 1.83 bits per heavy atom. The number of halogens is 1. The van der Waals surface area contributed by atoms with E-state index >= 15 is 0 Å². The summed E-state index contributed by atoms with van der Waals surface area (Å²) in [5, 5.41) is 7.22. The zero-order valence-corrected chi connectivity index (χ0v) is 18.4. The van der Waals surface area contributed by atoms with Gasteiger partial charge >= 0.3 is 0 Å². The van der Waals surface area contributed by atoms with Gasteiger partial charge in [0.1, 0.15) is 5.75 Å². The van der Waals surface area contributed by atoms with Gasteiger partial charge in [-0.1, -0.05) is 11.6 Å². The van der Waals surface area contributed by atoms with Crippen molar-refractivity contribution < 1.29 is 14.3 Å². The molecule has 0 radical (unpaired) electrons. The Balaban J connectivity index is 1.45. The van der Waals surface area contributed by atoms with Crippen LogP contribution in [0.25, 0.3) is 0 Å². The van der Waals surface area contributed by atoms with E-state index in [2.05, 4.69) is 10.6 Å². The second-order valence-electron chi connectivity index (χ2n) is 9.95. The summed E-state index contributed by atoms with van der Waals surface area (Å²) >= 11 is 6.03. The van der Waals surface area contributed by atoms with Gasteiger partial charge in [-0.05, 0) is 94.4 Å². The lowest BCUT2D eigenvalue weighted by atomic mass is 9.51. The number of benzene rings is 1. The van der Waals surface area contributed by atoms with Crippen LogP contribution in [0.1, 0.15) is 58.4 Å². The highest BCUT2D eigenvalue weighted by Gasteiger charge is 2.56. The lowest BCUT2D eigenvalue weighted by Crippen LogP contribution is -2.67. The predicted molar refractivity (Wildman–Crippen MR) is 113 cm³/mol. The van der Waals surface area contributed by atoms with Crippen LogP contribution in [0.3, 0.4) is 0 Å². The molecule has 0 aliphatic heterocycles. The average molecular weight is 419 g/mol. The van der Waals surface area contributed by atoms with Gasteiger partial charge in [0.25, 0.3) is 5.91 Å². The zero-order chi connectivity index (χ0) is 21.0. The van der Waals surface area contributed by atoms with E-state index in [1.807, 2.05) is 32.9 Å². The van der Waals surface area contributed by atoms with E-state index < -0.39 is 5.60 Å². The molecule has 5 nitrogen and oxygen atoms in total. The normalized spacial score (nSPS) is 32.7. The number of ether oxygens (including phenoxy) is 1. The van der Waals surface area contributed by atoms with E-state index in [1.165, 1.54) is 0 Å². The van der Waals surface area contributed by atoms with E-state index in [9.17, 15) is 9.59 Å². The fourth-order valence-electron chi connectivity index (χ4n) is 6.16. The van der Waals surface area contributed by atoms with Gasteiger partial charge in [0.2, 0.25) is 5.91 Å². The van der Waals surface area contributed by atoms with Crippen molar-refractivity contribution >= 4 is 23.4 Å². The number of carbonyl (C=O) groups is 2. The highest BCUT2D eigenvalue weighted by atomic mass is 35.5. The monoisotopic (exact) mass is 418 g/mol. The molecule has 6 heteroatoms. The minimum Gasteiger partial charge on any atom is -0.478 e. The summed E-state index contributed by atoms with van der Waals surface area (Å²) in [4.78, 5) is 24.9. The van der Waals surface area contributed by atoms with Gasteiger partial charge in [-0.3, -0.25) is 9.59 Å². The first kappa shape index (κ1) is 20.5. The van der Waals surface area contributed by atoms with Crippen LogP contribution >= 0.6 is 11.6 Å². The number of aryl methyl sites for hydroxylation is 1. The van der Waals surface area contributed by atoms with Crippen LogP contribution in [0.2, 0.25) is 5.02 Å². The summed E-state index contributed by atoms with van der Waals surface area (Å²) in [5.74, 6) is 2.14. The fraction of sp³-hybridized carbons (Fsp3) is 0.652. The maximum atomic E-state index is 13.2. The van der Waals surface area contributed by atoms with Crippen molar-refractivity contribution in [1.82, 2.24) is 10.6 Å². The predicted octanol–water partition coefficient (Wildman–Crippen LogP) is 4.01. The van der Waals surface area contributed by atoms with Gasteiger partial charge in [-0.15, -0.1) is 0 Å². The van der Waals surface area contributed by atoms with Gasteiger partial charge in [0.05, 0.1) is 0 Å². The van der Waals surface area contributed by atoms with E-state index in [0.717, 1.165) is 37.7 Å². The van der Waals surface area contributed by atoms with Crippen LogP contribution in [-0.4, -0.2) is 29.0 Å². The van der Waals surface area contributed by atoms with E-state index in [1.54, 1.807) is 13.0 Å². The molecule has 4 saturated carbocycles. The van der Waals surface area contributed by atoms with Crippen LogP contribution in [0.15, 0.2) is 18.2 Å². The van der Waals surface area contributed by atoms with Crippen LogP contribution in [0.4, 0.5) is 0 Å². The highest BCUT2D eigenvalue weighted by molar-refractivity contribution is 6.30. The van der Waals surface area contributed by atoms with Crippen LogP contribution in [0.5, 0.6) is 5.75 Å². The second-order valence-corrected chi connectivity index (χ2v) is 10.4. The molecule has 5 atom stereocenters. The third kappa shape index (κ3) is 3.98. The Bertz CT molecular complexity index is 821. The van der Waals surface area contributed by atoms with Gasteiger partial charge in [-0.25, -0.2) is 0 Å². The molecule has 0 aromatic heterocycles. The van der Waals surface area contributed by atoms with Crippen LogP contribution in [0, 0.1) is 24.7 Å². The summed E-state index contributed by atoms with van der Waals surface area (Å²) in [6.07, 6.45) is 5.29. The molecule has 158 valence electrons. The highest BCUT2D eigenvalue weighted by Crippen LogP contribution is 2.55. The number of nitrogens with one attached hydrogen (secondary N) is 2. The molecule has 2 N–H and O–H groups in total. The third-order valence-electron chi connectivity index (χ3n) is 7.06. The summed E-state index contributed by atoms with van der Waals surface area (Å²) in [7, 11) is 0. The quantitative estimate of drug-likeness (QED) is 0.759. The first-order chi connectivity index (χ1) is 13.6. The average Bonchev–Trinajstić information content (AvgIpc) is 2.58. The summed E-state index contributed by atoms with van der Waals surface area (Å²) in [6.45, 7) is 7.15. The number of hydrogen-bond donors (Lipinski definition) is 2. The maximum Gasteiger partial charge on any atom is 0.263 e. The Morgan fingerprint density at radius 1 is 1.17 bits per heavy atom. The molecule has 1 aromatic carbocycles. The second kappa shape index (κ2) is 7.19. The molecule has 29 heavy (non-hydrogen) atoms. The molecule has 0 spiro atoms. The minimum atomic E-state index is -0.984. The van der Waals surface area contributed by atoms with E-state index in [0.29, 0.717) is 28.5 Å².